The van der Waals surface area contributed by atoms with Gasteiger partial charge in [-0.1, -0.05) is 30.3 Å². The molecule has 0 unspecified atom stereocenters. The molecular formula is C21H25FN2O2. The fraction of sp³-hybridized carbons (Fsp3) is 0.429. The lowest BCUT2D eigenvalue weighted by molar-refractivity contribution is -0.0837. The van der Waals surface area contributed by atoms with E-state index in [9.17, 15) is 4.39 Å². The molecule has 2 aliphatic heterocycles. The monoisotopic (exact) mass is 356 g/mol. The number of nitrogens with zero attached hydrogens (tertiary/aromatic N) is 2. The number of fused-ring (bicyclic) bond motifs is 1. The number of ether oxygens (including phenoxy) is 2. The first kappa shape index (κ1) is 17.5. The van der Waals surface area contributed by atoms with Gasteiger partial charge in [-0.3, -0.25) is 9.80 Å². The lowest BCUT2D eigenvalue weighted by Crippen LogP contribution is -2.58. The van der Waals surface area contributed by atoms with Crippen molar-refractivity contribution in [1.29, 1.82) is 0 Å². The number of piperazine rings is 1. The lowest BCUT2D eigenvalue weighted by Gasteiger charge is -2.48. The van der Waals surface area contributed by atoms with Crippen molar-refractivity contribution >= 4 is 0 Å². The van der Waals surface area contributed by atoms with Crippen molar-refractivity contribution in [2.45, 2.75) is 18.6 Å². The largest absolute Gasteiger partial charge is 0.497 e. The van der Waals surface area contributed by atoms with Crippen molar-refractivity contribution in [1.82, 2.24) is 9.80 Å². The highest BCUT2D eigenvalue weighted by Crippen LogP contribution is 2.30. The van der Waals surface area contributed by atoms with Gasteiger partial charge >= 0.3 is 0 Å². The summed E-state index contributed by atoms with van der Waals surface area (Å²) in [5.41, 5.74) is 2.00. The summed E-state index contributed by atoms with van der Waals surface area (Å²) >= 11 is 0. The molecule has 0 radical (unpaired) electrons. The van der Waals surface area contributed by atoms with E-state index in [4.69, 9.17) is 9.47 Å². The number of methoxy groups -OCH3 is 1. The first-order chi connectivity index (χ1) is 12.7. The van der Waals surface area contributed by atoms with Gasteiger partial charge in [0.15, 0.2) is 0 Å². The number of hydrogen-bond acceptors (Lipinski definition) is 4. The average molecular weight is 356 g/mol. The summed E-state index contributed by atoms with van der Waals surface area (Å²) in [6.07, 6.45) is 0. The van der Waals surface area contributed by atoms with Crippen LogP contribution in [-0.4, -0.2) is 55.8 Å². The molecule has 0 aliphatic carbocycles. The minimum Gasteiger partial charge on any atom is -0.497 e. The predicted molar refractivity (Wildman–Crippen MR) is 98.7 cm³/mol. The fourth-order valence-electron chi connectivity index (χ4n) is 4.05. The number of halogens is 1. The summed E-state index contributed by atoms with van der Waals surface area (Å²) in [6, 6.07) is 16.2. The Morgan fingerprint density at radius 3 is 2.77 bits per heavy atom. The molecule has 0 spiro atoms. The van der Waals surface area contributed by atoms with Crippen molar-refractivity contribution in [2.24, 2.45) is 0 Å². The van der Waals surface area contributed by atoms with E-state index < -0.39 is 0 Å². The van der Waals surface area contributed by atoms with Crippen LogP contribution in [0.1, 0.15) is 17.2 Å². The number of hydrogen-bond donors (Lipinski definition) is 0. The van der Waals surface area contributed by atoms with E-state index in [1.807, 2.05) is 6.07 Å². The Labute approximate surface area is 154 Å². The van der Waals surface area contributed by atoms with Crippen LogP contribution < -0.4 is 4.74 Å². The normalized spacial score (nSPS) is 24.2. The first-order valence-corrected chi connectivity index (χ1v) is 9.18. The number of rotatable bonds is 4. The van der Waals surface area contributed by atoms with E-state index in [-0.39, 0.29) is 5.82 Å². The molecular weight excluding hydrogens is 331 g/mol. The van der Waals surface area contributed by atoms with Crippen LogP contribution in [0.4, 0.5) is 4.39 Å². The zero-order valence-corrected chi connectivity index (χ0v) is 15.1. The molecule has 2 saturated heterocycles. The molecule has 2 atom stereocenters. The average Bonchev–Trinajstić information content (AvgIpc) is 2.69. The van der Waals surface area contributed by atoms with Crippen LogP contribution in [0.5, 0.6) is 5.75 Å². The summed E-state index contributed by atoms with van der Waals surface area (Å²) in [7, 11) is 1.61. The fourth-order valence-corrected chi connectivity index (χ4v) is 4.05. The van der Waals surface area contributed by atoms with Gasteiger partial charge in [-0.05, 0) is 23.8 Å². The Kier molecular flexibility index (Phi) is 5.20. The molecule has 0 bridgehead atoms. The van der Waals surface area contributed by atoms with Gasteiger partial charge in [-0.15, -0.1) is 0 Å². The highest BCUT2D eigenvalue weighted by Gasteiger charge is 2.36. The molecule has 2 aromatic carbocycles. The van der Waals surface area contributed by atoms with E-state index in [0.29, 0.717) is 29.9 Å². The van der Waals surface area contributed by atoms with Gasteiger partial charge in [-0.2, -0.15) is 0 Å². The Morgan fingerprint density at radius 1 is 1.12 bits per heavy atom. The van der Waals surface area contributed by atoms with Crippen LogP contribution in [0.3, 0.4) is 0 Å². The quantitative estimate of drug-likeness (QED) is 0.841. The van der Waals surface area contributed by atoms with Crippen LogP contribution in [0.25, 0.3) is 0 Å². The van der Waals surface area contributed by atoms with Gasteiger partial charge in [0.2, 0.25) is 0 Å². The van der Waals surface area contributed by atoms with Gasteiger partial charge in [-0.25, -0.2) is 4.39 Å². The standard InChI is InChI=1S/C21H25FN2O2/c1-25-19-7-8-20(22)17(11-19)12-23-9-10-24-18(13-23)14-26-15-21(24)16-5-3-2-4-6-16/h2-8,11,18,21H,9-10,12-15H2,1H3/t18-,21-/m1/s1. The Morgan fingerprint density at radius 2 is 1.96 bits per heavy atom. The second-order valence-electron chi connectivity index (χ2n) is 7.05. The molecule has 5 heteroatoms. The Balaban J connectivity index is 1.45. The number of morpholine rings is 1. The molecule has 2 fully saturated rings. The van der Waals surface area contributed by atoms with Gasteiger partial charge < -0.3 is 9.47 Å². The van der Waals surface area contributed by atoms with Crippen molar-refractivity contribution in [3.63, 3.8) is 0 Å². The second kappa shape index (κ2) is 7.74. The molecule has 4 rings (SSSR count). The van der Waals surface area contributed by atoms with Crippen LogP contribution >= 0.6 is 0 Å². The molecule has 26 heavy (non-hydrogen) atoms. The maximum absolute atomic E-state index is 14.2. The first-order valence-electron chi connectivity index (χ1n) is 9.18. The maximum atomic E-state index is 14.2. The van der Waals surface area contributed by atoms with E-state index in [1.54, 1.807) is 19.2 Å². The van der Waals surface area contributed by atoms with E-state index in [2.05, 4.69) is 34.1 Å². The van der Waals surface area contributed by atoms with E-state index in [0.717, 1.165) is 32.8 Å². The Hall–Kier alpha value is -1.95. The van der Waals surface area contributed by atoms with Crippen LogP contribution in [0.2, 0.25) is 0 Å². The van der Waals surface area contributed by atoms with Gasteiger partial charge in [0.1, 0.15) is 11.6 Å². The summed E-state index contributed by atoms with van der Waals surface area (Å²) in [6.45, 7) is 4.87. The van der Waals surface area contributed by atoms with Crippen LogP contribution in [-0.2, 0) is 11.3 Å². The highest BCUT2D eigenvalue weighted by atomic mass is 19.1. The summed E-state index contributed by atoms with van der Waals surface area (Å²) in [4.78, 5) is 4.87. The molecule has 0 amide bonds. The van der Waals surface area contributed by atoms with E-state index in [1.165, 1.54) is 11.6 Å². The van der Waals surface area contributed by atoms with Crippen molar-refractivity contribution in [3.8, 4) is 5.75 Å². The third-order valence-electron chi connectivity index (χ3n) is 5.43. The number of benzene rings is 2. The van der Waals surface area contributed by atoms with Crippen LogP contribution in [0.15, 0.2) is 48.5 Å². The highest BCUT2D eigenvalue weighted by molar-refractivity contribution is 5.30. The summed E-state index contributed by atoms with van der Waals surface area (Å²) < 4.78 is 25.3. The molecule has 2 aromatic rings. The van der Waals surface area contributed by atoms with Crippen molar-refractivity contribution in [3.05, 3.63) is 65.5 Å². The SMILES string of the molecule is COc1ccc(F)c(CN2CCN3[C@@H](COC[C@@H]3c3ccccc3)C2)c1. The third-order valence-corrected chi connectivity index (χ3v) is 5.43. The molecule has 138 valence electrons. The molecule has 2 aliphatic rings. The lowest BCUT2D eigenvalue weighted by atomic mass is 10.00. The Bertz CT molecular complexity index is 740. The summed E-state index contributed by atoms with van der Waals surface area (Å²) in [5.74, 6) is 0.528. The molecule has 4 nitrogen and oxygen atoms in total. The van der Waals surface area contributed by atoms with Crippen LogP contribution in [0, 0.1) is 5.82 Å². The van der Waals surface area contributed by atoms with Gasteiger partial charge in [0, 0.05) is 37.8 Å². The zero-order valence-electron chi connectivity index (χ0n) is 15.1. The predicted octanol–water partition coefficient (Wildman–Crippen LogP) is 3.09. The minimum absolute atomic E-state index is 0.171. The summed E-state index contributed by atoms with van der Waals surface area (Å²) in [5, 5.41) is 0. The molecule has 0 N–H and O–H groups in total. The van der Waals surface area contributed by atoms with Gasteiger partial charge in [0.25, 0.3) is 0 Å². The van der Waals surface area contributed by atoms with Gasteiger partial charge in [0.05, 0.1) is 26.4 Å². The minimum atomic E-state index is -0.171. The van der Waals surface area contributed by atoms with Crippen molar-refractivity contribution in [2.75, 3.05) is 40.0 Å². The molecule has 0 aromatic heterocycles. The molecule has 2 heterocycles. The second-order valence-corrected chi connectivity index (χ2v) is 7.05. The van der Waals surface area contributed by atoms with Crippen molar-refractivity contribution < 1.29 is 13.9 Å². The zero-order chi connectivity index (χ0) is 17.9. The molecule has 0 saturated carbocycles. The third kappa shape index (κ3) is 3.61. The smallest absolute Gasteiger partial charge is 0.127 e. The van der Waals surface area contributed by atoms with E-state index >= 15 is 0 Å². The topological polar surface area (TPSA) is 24.9 Å². The maximum Gasteiger partial charge on any atom is 0.127 e.